The highest BCUT2D eigenvalue weighted by Crippen LogP contribution is 2.41. The molecule has 1 aromatic heterocycles. The number of aryl methyl sites for hydroxylation is 1. The first kappa shape index (κ1) is 7.71. The number of hydrogen-bond donors (Lipinski definition) is 2. The number of nitrogens with zero attached hydrogens (tertiary/aromatic N) is 1. The minimum atomic E-state index is -0.590. The lowest BCUT2D eigenvalue weighted by Crippen LogP contribution is -1.91. The van der Waals surface area contributed by atoms with E-state index < -0.39 is 12.2 Å². The van der Waals surface area contributed by atoms with Crippen molar-refractivity contribution in [2.24, 2.45) is 0 Å². The van der Waals surface area contributed by atoms with Crippen molar-refractivity contribution >= 4 is 0 Å². The van der Waals surface area contributed by atoms with Crippen LogP contribution < -0.4 is 0 Å². The minimum absolute atomic E-state index is 0.112. The average molecular weight is 165 g/mol. The molecule has 1 heterocycles. The van der Waals surface area contributed by atoms with Crippen LogP contribution in [-0.4, -0.2) is 27.4 Å². The molecule has 0 radical (unpaired) electrons. The molecule has 0 amide bonds. The van der Waals surface area contributed by atoms with E-state index in [1.165, 1.54) is 0 Å². The van der Waals surface area contributed by atoms with Crippen molar-refractivity contribution < 1.29 is 10.2 Å². The van der Waals surface area contributed by atoms with Gasteiger partial charge in [0, 0.05) is 18.3 Å². The van der Waals surface area contributed by atoms with E-state index in [0.29, 0.717) is 0 Å². The zero-order valence-electron chi connectivity index (χ0n) is 6.81. The number of aliphatic hydroxyl groups excluding tert-OH is 2. The maximum atomic E-state index is 9.20. The number of aromatic nitrogens is 1. The third kappa shape index (κ3) is 1.02. The molecule has 3 nitrogen and oxygen atoms in total. The molecule has 1 aliphatic rings. The maximum Gasteiger partial charge on any atom is 0.0901 e. The van der Waals surface area contributed by atoms with Crippen LogP contribution in [0.4, 0.5) is 0 Å². The van der Waals surface area contributed by atoms with Gasteiger partial charge in [0.25, 0.3) is 0 Å². The third-order valence-electron chi connectivity index (χ3n) is 2.38. The predicted octanol–water partition coefficient (Wildman–Crippen LogP) is 0.209. The molecule has 12 heavy (non-hydrogen) atoms. The van der Waals surface area contributed by atoms with E-state index in [1.54, 1.807) is 12.4 Å². The van der Waals surface area contributed by atoms with E-state index in [4.69, 9.17) is 0 Å². The van der Waals surface area contributed by atoms with Gasteiger partial charge >= 0.3 is 0 Å². The monoisotopic (exact) mass is 165 g/mol. The molecule has 2 N–H and O–H groups in total. The Morgan fingerprint density at radius 2 is 2.00 bits per heavy atom. The molecule has 0 spiro atoms. The Morgan fingerprint density at radius 1 is 1.33 bits per heavy atom. The number of pyridine rings is 1. The maximum absolute atomic E-state index is 9.20. The molecule has 1 aromatic rings. The predicted molar refractivity (Wildman–Crippen MR) is 43.7 cm³/mol. The molecule has 0 saturated heterocycles. The first-order chi connectivity index (χ1) is 5.72. The van der Waals surface area contributed by atoms with Crippen molar-refractivity contribution in [2.75, 3.05) is 0 Å². The summed E-state index contributed by atoms with van der Waals surface area (Å²) in [7, 11) is 0. The Morgan fingerprint density at radius 3 is 2.50 bits per heavy atom. The van der Waals surface area contributed by atoms with Crippen LogP contribution in [0.25, 0.3) is 0 Å². The normalized spacial score (nSPS) is 33.4. The van der Waals surface area contributed by atoms with Gasteiger partial charge in [0.1, 0.15) is 0 Å². The molecular formula is C9H11NO2. The fourth-order valence-corrected chi connectivity index (χ4v) is 1.47. The molecule has 0 bridgehead atoms. The molecule has 0 aromatic carbocycles. The lowest BCUT2D eigenvalue weighted by Gasteiger charge is -2.00. The quantitative estimate of drug-likeness (QED) is 0.625. The van der Waals surface area contributed by atoms with Crippen molar-refractivity contribution in [2.45, 2.75) is 25.0 Å². The van der Waals surface area contributed by atoms with Gasteiger partial charge in [0.15, 0.2) is 0 Å². The standard InChI is InChI=1S/C9H11NO2/c1-5-2-3-10-4-6(5)7-8(11)9(7)12/h2-4,7-9,11-12H,1H3. The summed E-state index contributed by atoms with van der Waals surface area (Å²) < 4.78 is 0. The highest BCUT2D eigenvalue weighted by atomic mass is 16.4. The van der Waals surface area contributed by atoms with Crippen LogP contribution in [0.5, 0.6) is 0 Å². The lowest BCUT2D eigenvalue weighted by atomic mass is 10.1. The summed E-state index contributed by atoms with van der Waals surface area (Å²) in [6, 6.07) is 1.88. The van der Waals surface area contributed by atoms with Gasteiger partial charge in [-0.3, -0.25) is 4.98 Å². The third-order valence-corrected chi connectivity index (χ3v) is 2.38. The molecule has 3 heteroatoms. The SMILES string of the molecule is Cc1ccncc1C1C(O)C1O. The summed E-state index contributed by atoms with van der Waals surface area (Å²) >= 11 is 0. The molecule has 64 valence electrons. The second-order valence-electron chi connectivity index (χ2n) is 3.24. The van der Waals surface area contributed by atoms with Crippen molar-refractivity contribution in [1.82, 2.24) is 4.98 Å². The van der Waals surface area contributed by atoms with Crippen LogP contribution in [0, 0.1) is 6.92 Å². The van der Waals surface area contributed by atoms with E-state index in [1.807, 2.05) is 13.0 Å². The van der Waals surface area contributed by atoms with E-state index in [0.717, 1.165) is 11.1 Å². The first-order valence-corrected chi connectivity index (χ1v) is 3.98. The van der Waals surface area contributed by atoms with Gasteiger partial charge in [-0.05, 0) is 24.1 Å². The van der Waals surface area contributed by atoms with Crippen LogP contribution >= 0.6 is 0 Å². The van der Waals surface area contributed by atoms with Crippen molar-refractivity contribution in [3.8, 4) is 0 Å². The van der Waals surface area contributed by atoms with E-state index in [-0.39, 0.29) is 5.92 Å². The van der Waals surface area contributed by atoms with Gasteiger partial charge < -0.3 is 10.2 Å². The van der Waals surface area contributed by atoms with E-state index in [9.17, 15) is 10.2 Å². The summed E-state index contributed by atoms with van der Waals surface area (Å²) in [5.74, 6) is -0.112. The topological polar surface area (TPSA) is 53.4 Å². The molecule has 0 aliphatic heterocycles. The average Bonchev–Trinajstić information content (AvgIpc) is 2.62. The second-order valence-corrected chi connectivity index (χ2v) is 3.24. The Kier molecular flexibility index (Phi) is 1.63. The van der Waals surface area contributed by atoms with Gasteiger partial charge in [0.05, 0.1) is 12.2 Å². The number of hydrogen-bond acceptors (Lipinski definition) is 3. The molecule has 1 aliphatic carbocycles. The van der Waals surface area contributed by atoms with Crippen molar-refractivity contribution in [3.63, 3.8) is 0 Å². The Balaban J connectivity index is 2.30. The molecule has 2 atom stereocenters. The van der Waals surface area contributed by atoms with Crippen LogP contribution in [0.1, 0.15) is 17.0 Å². The highest BCUT2D eigenvalue weighted by molar-refractivity contribution is 5.34. The first-order valence-electron chi connectivity index (χ1n) is 3.98. The fraction of sp³-hybridized carbons (Fsp3) is 0.444. The van der Waals surface area contributed by atoms with Crippen LogP contribution in [-0.2, 0) is 0 Å². The van der Waals surface area contributed by atoms with Gasteiger partial charge in [-0.2, -0.15) is 0 Å². The van der Waals surface area contributed by atoms with Gasteiger partial charge in [0.2, 0.25) is 0 Å². The van der Waals surface area contributed by atoms with Gasteiger partial charge in [-0.15, -0.1) is 0 Å². The molecule has 1 fully saturated rings. The zero-order chi connectivity index (χ0) is 8.72. The number of aliphatic hydroxyl groups is 2. The smallest absolute Gasteiger partial charge is 0.0901 e. The zero-order valence-corrected chi connectivity index (χ0v) is 6.81. The summed E-state index contributed by atoms with van der Waals surface area (Å²) in [4.78, 5) is 3.95. The number of rotatable bonds is 1. The fourth-order valence-electron chi connectivity index (χ4n) is 1.47. The van der Waals surface area contributed by atoms with Gasteiger partial charge in [-0.25, -0.2) is 0 Å². The lowest BCUT2D eigenvalue weighted by molar-refractivity contribution is 0.180. The molecular weight excluding hydrogens is 154 g/mol. The minimum Gasteiger partial charge on any atom is -0.390 e. The van der Waals surface area contributed by atoms with E-state index in [2.05, 4.69) is 4.98 Å². The summed E-state index contributed by atoms with van der Waals surface area (Å²) in [5.41, 5.74) is 2.03. The molecule has 1 saturated carbocycles. The van der Waals surface area contributed by atoms with E-state index >= 15 is 0 Å². The Labute approximate surface area is 70.7 Å². The van der Waals surface area contributed by atoms with Crippen molar-refractivity contribution in [1.29, 1.82) is 0 Å². The molecule has 2 unspecified atom stereocenters. The van der Waals surface area contributed by atoms with Crippen LogP contribution in [0.3, 0.4) is 0 Å². The second kappa shape index (κ2) is 2.54. The summed E-state index contributed by atoms with van der Waals surface area (Å²) in [5, 5.41) is 18.4. The summed E-state index contributed by atoms with van der Waals surface area (Å²) in [6.45, 7) is 1.95. The molecule has 2 rings (SSSR count). The Hall–Kier alpha value is -0.930. The highest BCUT2D eigenvalue weighted by Gasteiger charge is 2.49. The van der Waals surface area contributed by atoms with Crippen LogP contribution in [0.2, 0.25) is 0 Å². The van der Waals surface area contributed by atoms with Crippen molar-refractivity contribution in [3.05, 3.63) is 29.6 Å². The van der Waals surface area contributed by atoms with Crippen LogP contribution in [0.15, 0.2) is 18.5 Å². The summed E-state index contributed by atoms with van der Waals surface area (Å²) in [6.07, 6.45) is 2.24. The van der Waals surface area contributed by atoms with Gasteiger partial charge in [-0.1, -0.05) is 0 Å². The Bertz CT molecular complexity index is 292. The largest absolute Gasteiger partial charge is 0.390 e.